The fourth-order valence-electron chi connectivity index (χ4n) is 5.58. The van der Waals surface area contributed by atoms with Crippen molar-refractivity contribution in [2.75, 3.05) is 26.3 Å². The van der Waals surface area contributed by atoms with E-state index in [4.69, 9.17) is 23.7 Å². The van der Waals surface area contributed by atoms with E-state index in [2.05, 4.69) is 5.43 Å². The molecule has 11 heteroatoms. The highest BCUT2D eigenvalue weighted by Gasteiger charge is 2.58. The molecule has 0 spiro atoms. The second-order valence-electron chi connectivity index (χ2n) is 11.4. The number of hydrogen-bond acceptors (Lipinski definition) is 7. The lowest BCUT2D eigenvalue weighted by Gasteiger charge is -2.44. The highest BCUT2D eigenvalue weighted by Crippen LogP contribution is 2.44. The van der Waals surface area contributed by atoms with E-state index in [1.165, 1.54) is 6.07 Å². The first-order valence-electron chi connectivity index (χ1n) is 13.9. The van der Waals surface area contributed by atoms with Crippen molar-refractivity contribution < 1.29 is 41.7 Å². The van der Waals surface area contributed by atoms with Crippen molar-refractivity contribution in [3.8, 4) is 0 Å². The Labute approximate surface area is 238 Å². The van der Waals surface area contributed by atoms with E-state index in [-0.39, 0.29) is 26.1 Å². The highest BCUT2D eigenvalue weighted by molar-refractivity contribution is 5.85. The highest BCUT2D eigenvalue weighted by atomic mass is 19.4. The first-order chi connectivity index (χ1) is 19.4. The van der Waals surface area contributed by atoms with Gasteiger partial charge in [-0.05, 0) is 44.0 Å². The van der Waals surface area contributed by atoms with Crippen LogP contribution in [0.4, 0.5) is 13.2 Å². The Kier molecular flexibility index (Phi) is 8.75. The average Bonchev–Trinajstić information content (AvgIpc) is 3.25. The predicted octanol–water partition coefficient (Wildman–Crippen LogP) is 4.53. The number of hydrogen-bond donors (Lipinski definition) is 1. The van der Waals surface area contributed by atoms with Crippen LogP contribution in [0, 0.1) is 6.92 Å². The van der Waals surface area contributed by atoms with Gasteiger partial charge in [-0.2, -0.15) is 13.2 Å². The summed E-state index contributed by atoms with van der Waals surface area (Å²) >= 11 is 0. The van der Waals surface area contributed by atoms with Crippen LogP contribution in [0.25, 0.3) is 0 Å². The zero-order valence-corrected chi connectivity index (χ0v) is 23.5. The van der Waals surface area contributed by atoms with Crippen LogP contribution in [0.2, 0.25) is 0 Å². The molecule has 3 fully saturated rings. The van der Waals surface area contributed by atoms with E-state index >= 15 is 0 Å². The van der Waals surface area contributed by atoms with Crippen LogP contribution < -0.4 is 5.43 Å². The number of benzene rings is 2. The molecule has 1 saturated carbocycles. The molecule has 4 atom stereocenters. The molecule has 3 aliphatic rings. The van der Waals surface area contributed by atoms with E-state index < -0.39 is 47.3 Å². The molecular formula is C30H37F3N2O6. The molecule has 1 aliphatic carbocycles. The van der Waals surface area contributed by atoms with Crippen molar-refractivity contribution in [2.45, 2.75) is 82.7 Å². The minimum absolute atomic E-state index is 0.134. The summed E-state index contributed by atoms with van der Waals surface area (Å²) in [7, 11) is 0. The third-order valence-electron chi connectivity index (χ3n) is 7.69. The number of morpholine rings is 1. The van der Waals surface area contributed by atoms with Crippen molar-refractivity contribution in [1.82, 2.24) is 10.4 Å². The van der Waals surface area contributed by atoms with Crippen LogP contribution in [0.15, 0.2) is 48.5 Å². The maximum Gasteiger partial charge on any atom is 0.416 e. The molecule has 8 nitrogen and oxygen atoms in total. The summed E-state index contributed by atoms with van der Waals surface area (Å²) in [5.74, 6) is -1.31. The van der Waals surface area contributed by atoms with Gasteiger partial charge in [0, 0.05) is 25.9 Å². The lowest BCUT2D eigenvalue weighted by Crippen LogP contribution is -2.63. The smallest absolute Gasteiger partial charge is 0.379 e. The monoisotopic (exact) mass is 578 g/mol. The second-order valence-corrected chi connectivity index (χ2v) is 11.4. The van der Waals surface area contributed by atoms with E-state index in [0.29, 0.717) is 31.9 Å². The van der Waals surface area contributed by atoms with Gasteiger partial charge in [0.05, 0.1) is 44.2 Å². The largest absolute Gasteiger partial charge is 0.416 e. The van der Waals surface area contributed by atoms with Gasteiger partial charge in [-0.1, -0.05) is 42.0 Å². The number of aryl methyl sites for hydroxylation is 1. The van der Waals surface area contributed by atoms with Gasteiger partial charge in [0.25, 0.3) is 5.91 Å². The summed E-state index contributed by atoms with van der Waals surface area (Å²) in [5.41, 5.74) is 3.13. The van der Waals surface area contributed by atoms with Gasteiger partial charge in [-0.15, -0.1) is 0 Å². The summed E-state index contributed by atoms with van der Waals surface area (Å²) < 4.78 is 70.7. The Hall–Kier alpha value is -2.54. The zero-order chi connectivity index (χ0) is 29.3. The third kappa shape index (κ3) is 7.28. The van der Waals surface area contributed by atoms with E-state index in [0.717, 1.165) is 23.3 Å². The standard InChI is InChI=1S/C30H37F3N2O6/c1-20-7-9-21(10-8-20)18-38-24-16-29(17-25-26(24)41-28(2,3)40-25,27(36)34-35-11-13-37-14-12-35)39-19-22-5-4-6-23(15-22)30(31,32)33/h4-10,15,24-26H,11-14,16-19H2,1-3H3,(H,34,36)/t24-,25-,26+,29-/m1/s1. The molecule has 224 valence electrons. The molecule has 2 aromatic carbocycles. The number of amides is 1. The van der Waals surface area contributed by atoms with Crippen LogP contribution in [0.5, 0.6) is 0 Å². The summed E-state index contributed by atoms with van der Waals surface area (Å²) in [6.07, 6.45) is -5.76. The second kappa shape index (κ2) is 12.0. The van der Waals surface area contributed by atoms with Gasteiger partial charge in [0.15, 0.2) is 11.4 Å². The molecule has 2 heterocycles. The Balaban J connectivity index is 1.42. The van der Waals surface area contributed by atoms with Gasteiger partial charge in [-0.25, -0.2) is 5.01 Å². The van der Waals surface area contributed by atoms with Crippen molar-refractivity contribution in [3.05, 3.63) is 70.8 Å². The van der Waals surface area contributed by atoms with Crippen molar-refractivity contribution >= 4 is 5.91 Å². The maximum atomic E-state index is 14.0. The molecule has 5 rings (SSSR count). The normalized spacial score (nSPS) is 28.3. The van der Waals surface area contributed by atoms with Crippen LogP contribution >= 0.6 is 0 Å². The Morgan fingerprint density at radius 2 is 1.76 bits per heavy atom. The number of carbonyl (C=O) groups is 1. The lowest BCUT2D eigenvalue weighted by molar-refractivity contribution is -0.187. The summed E-state index contributed by atoms with van der Waals surface area (Å²) in [6.45, 7) is 7.64. The lowest BCUT2D eigenvalue weighted by atomic mass is 9.78. The van der Waals surface area contributed by atoms with Gasteiger partial charge in [-0.3, -0.25) is 10.2 Å². The quantitative estimate of drug-likeness (QED) is 0.493. The van der Waals surface area contributed by atoms with Crippen LogP contribution in [-0.4, -0.2) is 66.9 Å². The summed E-state index contributed by atoms with van der Waals surface area (Å²) in [6, 6.07) is 12.9. The fraction of sp³-hybridized carbons (Fsp3) is 0.567. The first-order valence-corrected chi connectivity index (χ1v) is 13.9. The van der Waals surface area contributed by atoms with Gasteiger partial charge < -0.3 is 23.7 Å². The number of halogens is 3. The number of ether oxygens (including phenoxy) is 5. The SMILES string of the molecule is Cc1ccc(CO[C@@H]2C[C@](OCc3cccc(C(F)(F)F)c3)(C(=O)NN3CCOCC3)C[C@H]3OC(C)(C)O[C@@H]23)cc1. The number of alkyl halides is 3. The summed E-state index contributed by atoms with van der Waals surface area (Å²) in [5, 5.41) is 1.77. The number of nitrogens with zero attached hydrogens (tertiary/aromatic N) is 1. The minimum Gasteiger partial charge on any atom is -0.379 e. The Bertz CT molecular complexity index is 1200. The molecule has 1 amide bonds. The van der Waals surface area contributed by atoms with Crippen LogP contribution in [0.1, 0.15) is 48.9 Å². The number of hydrazine groups is 1. The molecule has 1 N–H and O–H groups in total. The summed E-state index contributed by atoms with van der Waals surface area (Å²) in [4.78, 5) is 14.0. The van der Waals surface area contributed by atoms with Crippen molar-refractivity contribution in [3.63, 3.8) is 0 Å². The van der Waals surface area contributed by atoms with E-state index in [1.807, 2.05) is 31.2 Å². The molecule has 2 aliphatic heterocycles. The van der Waals surface area contributed by atoms with Crippen LogP contribution in [0.3, 0.4) is 0 Å². The number of carbonyl (C=O) groups excluding carboxylic acids is 1. The van der Waals surface area contributed by atoms with E-state index in [9.17, 15) is 18.0 Å². The van der Waals surface area contributed by atoms with Crippen LogP contribution in [-0.2, 0) is 47.9 Å². The Morgan fingerprint density at radius 3 is 2.46 bits per heavy atom. The van der Waals surface area contributed by atoms with Crippen molar-refractivity contribution in [1.29, 1.82) is 0 Å². The Morgan fingerprint density at radius 1 is 1.02 bits per heavy atom. The molecule has 2 saturated heterocycles. The molecule has 0 radical (unpaired) electrons. The topological polar surface area (TPSA) is 78.5 Å². The fourth-order valence-corrected chi connectivity index (χ4v) is 5.58. The number of rotatable bonds is 8. The molecule has 2 aromatic rings. The van der Waals surface area contributed by atoms with Gasteiger partial charge in [0.1, 0.15) is 6.10 Å². The molecular weight excluding hydrogens is 541 g/mol. The number of fused-ring (bicyclic) bond motifs is 1. The first kappa shape index (κ1) is 29.9. The maximum absolute atomic E-state index is 14.0. The molecule has 0 aromatic heterocycles. The molecule has 41 heavy (non-hydrogen) atoms. The average molecular weight is 579 g/mol. The molecule has 0 unspecified atom stereocenters. The number of nitrogens with one attached hydrogen (secondary N) is 1. The third-order valence-corrected chi connectivity index (χ3v) is 7.69. The zero-order valence-electron chi connectivity index (χ0n) is 23.5. The van der Waals surface area contributed by atoms with E-state index in [1.54, 1.807) is 24.9 Å². The predicted molar refractivity (Wildman–Crippen MR) is 142 cm³/mol. The van der Waals surface area contributed by atoms with Crippen molar-refractivity contribution in [2.24, 2.45) is 0 Å². The minimum atomic E-state index is -4.49. The van der Waals surface area contributed by atoms with Gasteiger partial charge in [0.2, 0.25) is 0 Å². The van der Waals surface area contributed by atoms with Gasteiger partial charge >= 0.3 is 6.18 Å². The molecule has 0 bridgehead atoms.